The molecule has 0 saturated carbocycles. The van der Waals surface area contributed by atoms with Crippen LogP contribution < -0.4 is 10.2 Å². The molecule has 0 aromatic heterocycles. The lowest BCUT2D eigenvalue weighted by atomic mass is 10.3. The van der Waals surface area contributed by atoms with Gasteiger partial charge in [-0.15, -0.1) is 0 Å². The van der Waals surface area contributed by atoms with Crippen molar-refractivity contribution < 1.29 is 10.1 Å². The monoisotopic (exact) mass is 163 g/mol. The summed E-state index contributed by atoms with van der Waals surface area (Å²) in [6, 6.07) is 9.88. The Morgan fingerprint density at radius 2 is 2.00 bits per heavy atom. The molecule has 3 heteroatoms. The first kappa shape index (κ1) is 7.31. The Morgan fingerprint density at radius 1 is 1.25 bits per heavy atom. The fourth-order valence-corrected chi connectivity index (χ4v) is 1.40. The van der Waals surface area contributed by atoms with Gasteiger partial charge in [0.1, 0.15) is 6.54 Å². The van der Waals surface area contributed by atoms with E-state index in [-0.39, 0.29) is 6.03 Å². The fourth-order valence-electron chi connectivity index (χ4n) is 1.40. The average Bonchev–Trinajstić information content (AvgIpc) is 2.53. The van der Waals surface area contributed by atoms with Crippen LogP contribution in [-0.2, 0) is 0 Å². The predicted molar refractivity (Wildman–Crippen MR) is 46.0 cm³/mol. The highest BCUT2D eigenvalue weighted by Gasteiger charge is 2.25. The first-order chi connectivity index (χ1) is 5.88. The molecule has 12 heavy (non-hydrogen) atoms. The maximum atomic E-state index is 11.2. The van der Waals surface area contributed by atoms with E-state index in [0.29, 0.717) is 0 Å². The number of nitrogens with zero attached hydrogens (tertiary/aromatic N) is 1. The number of para-hydroxylation sites is 1. The van der Waals surface area contributed by atoms with Crippen LogP contribution in [0.3, 0.4) is 0 Å². The molecule has 1 fully saturated rings. The predicted octanol–water partition coefficient (Wildman–Crippen LogP) is 0.190. The summed E-state index contributed by atoms with van der Waals surface area (Å²) in [7, 11) is 0. The normalized spacial score (nSPS) is 17.0. The molecule has 1 aliphatic heterocycles. The Kier molecular flexibility index (Phi) is 1.80. The molecule has 0 atom stereocenters. The van der Waals surface area contributed by atoms with Gasteiger partial charge in [0.15, 0.2) is 0 Å². The number of primary amides is 1. The molecule has 1 heterocycles. The summed E-state index contributed by atoms with van der Waals surface area (Å²) in [5, 5.41) is 1.73. The van der Waals surface area contributed by atoms with Crippen LogP contribution in [-0.4, -0.2) is 19.1 Å². The zero-order valence-electron chi connectivity index (χ0n) is 6.73. The molecule has 0 bridgehead atoms. The minimum Gasteiger partial charge on any atom is -0.261 e. The Morgan fingerprint density at radius 3 is 2.58 bits per heavy atom. The standard InChI is InChI=1S/C9H10N2O/c12-9-10-6-7-11(9)8-4-2-1-3-5-8/h1-5H,6-7H2,(H,10,12)/p+1. The summed E-state index contributed by atoms with van der Waals surface area (Å²) in [6.07, 6.45) is 0. The highest BCUT2D eigenvalue weighted by molar-refractivity contribution is 5.86. The smallest absolute Gasteiger partial charge is 0.261 e. The summed E-state index contributed by atoms with van der Waals surface area (Å²) in [6.45, 7) is 1.69. The minimum absolute atomic E-state index is 0.126. The van der Waals surface area contributed by atoms with Crippen molar-refractivity contribution in [2.24, 2.45) is 0 Å². The number of benzene rings is 1. The van der Waals surface area contributed by atoms with E-state index in [1.807, 2.05) is 30.3 Å². The third-order valence-electron chi connectivity index (χ3n) is 2.01. The van der Waals surface area contributed by atoms with Crippen LogP contribution in [0.15, 0.2) is 30.3 Å². The molecule has 3 nitrogen and oxygen atoms in total. The van der Waals surface area contributed by atoms with Crippen LogP contribution in [0.5, 0.6) is 0 Å². The zero-order chi connectivity index (χ0) is 8.39. The number of carbonyl (C=O) groups excluding carboxylic acids is 1. The number of hydrogen-bond donors (Lipinski definition) is 1. The van der Waals surface area contributed by atoms with Crippen molar-refractivity contribution in [1.82, 2.24) is 0 Å². The van der Waals surface area contributed by atoms with Gasteiger partial charge in [0.25, 0.3) is 0 Å². The second kappa shape index (κ2) is 2.95. The molecule has 2 N–H and O–H groups in total. The summed E-state index contributed by atoms with van der Waals surface area (Å²) < 4.78 is 0. The first-order valence-corrected chi connectivity index (χ1v) is 4.08. The van der Waals surface area contributed by atoms with E-state index in [2.05, 4.69) is 0 Å². The van der Waals surface area contributed by atoms with Crippen molar-refractivity contribution in [3.8, 4) is 0 Å². The third-order valence-corrected chi connectivity index (χ3v) is 2.01. The molecule has 0 radical (unpaired) electrons. The molecule has 2 rings (SSSR count). The van der Waals surface area contributed by atoms with E-state index in [1.165, 1.54) is 0 Å². The van der Waals surface area contributed by atoms with E-state index in [0.717, 1.165) is 18.8 Å². The summed E-state index contributed by atoms with van der Waals surface area (Å²) in [5.41, 5.74) is 0.997. The van der Waals surface area contributed by atoms with Gasteiger partial charge >= 0.3 is 6.03 Å². The van der Waals surface area contributed by atoms with Gasteiger partial charge in [-0.05, 0) is 12.1 Å². The van der Waals surface area contributed by atoms with Gasteiger partial charge < -0.3 is 0 Å². The Bertz CT molecular complexity index is 284. The number of quaternary nitrogens is 1. The lowest BCUT2D eigenvalue weighted by molar-refractivity contribution is -0.538. The molecule has 1 saturated heterocycles. The second-order valence-corrected chi connectivity index (χ2v) is 2.82. The number of anilines is 1. The molecule has 2 amide bonds. The van der Waals surface area contributed by atoms with Crippen molar-refractivity contribution in [2.45, 2.75) is 0 Å². The van der Waals surface area contributed by atoms with Crippen molar-refractivity contribution in [3.63, 3.8) is 0 Å². The van der Waals surface area contributed by atoms with Crippen molar-refractivity contribution in [2.75, 3.05) is 18.0 Å². The largest absolute Gasteiger partial charge is 0.420 e. The number of rotatable bonds is 1. The van der Waals surface area contributed by atoms with E-state index in [9.17, 15) is 4.79 Å². The van der Waals surface area contributed by atoms with Crippen molar-refractivity contribution in [3.05, 3.63) is 30.3 Å². The topological polar surface area (TPSA) is 36.9 Å². The summed E-state index contributed by atoms with van der Waals surface area (Å²) in [5.74, 6) is 0. The van der Waals surface area contributed by atoms with Crippen LogP contribution >= 0.6 is 0 Å². The molecule has 0 aliphatic carbocycles. The van der Waals surface area contributed by atoms with Gasteiger partial charge in [0.05, 0.1) is 6.54 Å². The number of nitrogens with two attached hydrogens (primary N) is 1. The molecule has 1 aliphatic rings. The Balaban J connectivity index is 2.25. The maximum absolute atomic E-state index is 11.2. The van der Waals surface area contributed by atoms with Crippen LogP contribution in [0.1, 0.15) is 0 Å². The van der Waals surface area contributed by atoms with E-state index in [4.69, 9.17) is 0 Å². The van der Waals surface area contributed by atoms with Crippen molar-refractivity contribution >= 4 is 11.7 Å². The molecule has 0 unspecified atom stereocenters. The second-order valence-electron chi connectivity index (χ2n) is 2.82. The molecular weight excluding hydrogens is 152 g/mol. The summed E-state index contributed by atoms with van der Waals surface area (Å²) in [4.78, 5) is 13.0. The molecule has 1 aromatic rings. The highest BCUT2D eigenvalue weighted by Crippen LogP contribution is 2.12. The maximum Gasteiger partial charge on any atom is 0.420 e. The minimum atomic E-state index is 0.126. The number of carbonyl (C=O) groups is 1. The quantitative estimate of drug-likeness (QED) is 0.630. The van der Waals surface area contributed by atoms with Crippen molar-refractivity contribution in [1.29, 1.82) is 0 Å². The number of amides is 2. The van der Waals surface area contributed by atoms with E-state index < -0.39 is 0 Å². The summed E-state index contributed by atoms with van der Waals surface area (Å²) >= 11 is 0. The van der Waals surface area contributed by atoms with E-state index in [1.54, 1.807) is 10.2 Å². The fraction of sp³-hybridized carbons (Fsp3) is 0.222. The van der Waals surface area contributed by atoms with Gasteiger partial charge in [-0.3, -0.25) is 10.2 Å². The van der Waals surface area contributed by atoms with Gasteiger partial charge in [0.2, 0.25) is 0 Å². The lowest BCUT2D eigenvalue weighted by Gasteiger charge is -2.09. The Hall–Kier alpha value is -1.35. The molecular formula is C9H11N2O+. The highest BCUT2D eigenvalue weighted by atomic mass is 16.2. The zero-order valence-corrected chi connectivity index (χ0v) is 6.73. The number of hydrogen-bond acceptors (Lipinski definition) is 1. The van der Waals surface area contributed by atoms with Crippen LogP contribution in [0, 0.1) is 0 Å². The molecule has 0 spiro atoms. The lowest BCUT2D eigenvalue weighted by Crippen LogP contribution is -2.85. The van der Waals surface area contributed by atoms with Gasteiger partial charge in [-0.25, -0.2) is 4.79 Å². The van der Waals surface area contributed by atoms with Gasteiger partial charge in [-0.2, -0.15) is 0 Å². The van der Waals surface area contributed by atoms with Crippen LogP contribution in [0.4, 0.5) is 10.5 Å². The Labute approximate surface area is 71.0 Å². The average molecular weight is 163 g/mol. The molecule has 62 valence electrons. The van der Waals surface area contributed by atoms with Gasteiger partial charge in [-0.1, -0.05) is 18.2 Å². The molecule has 1 aromatic carbocycles. The van der Waals surface area contributed by atoms with Crippen LogP contribution in [0.25, 0.3) is 0 Å². The first-order valence-electron chi connectivity index (χ1n) is 4.08. The SMILES string of the molecule is O=C1[NH2+]CCN1c1ccccc1. The number of urea groups is 1. The van der Waals surface area contributed by atoms with Crippen LogP contribution in [0.2, 0.25) is 0 Å². The van der Waals surface area contributed by atoms with E-state index >= 15 is 0 Å². The van der Waals surface area contributed by atoms with Gasteiger partial charge in [0, 0.05) is 5.69 Å². The third kappa shape index (κ3) is 1.19.